The number of carbonyl (C=O) groups excluding carboxylic acids is 6. The van der Waals surface area contributed by atoms with Gasteiger partial charge in [0.25, 0.3) is 17.1 Å². The molecule has 0 aliphatic heterocycles. The van der Waals surface area contributed by atoms with Gasteiger partial charge in [-0.25, -0.2) is 15.0 Å². The van der Waals surface area contributed by atoms with Gasteiger partial charge in [-0.1, -0.05) is 72.8 Å². The van der Waals surface area contributed by atoms with Crippen molar-refractivity contribution >= 4 is 129 Å². The number of hydrogen-bond donors (Lipinski definition) is 9. The van der Waals surface area contributed by atoms with Gasteiger partial charge in [0.2, 0.25) is 17.3 Å². The quantitative estimate of drug-likeness (QED) is 0.00717. The Balaban J connectivity index is 0.000000219. The van der Waals surface area contributed by atoms with Gasteiger partial charge in [0.1, 0.15) is 0 Å². The molecule has 14 N–H and O–H groups in total. The third kappa shape index (κ3) is 23.4. The first-order chi connectivity index (χ1) is 46.9. The Morgan fingerprint density at radius 1 is 0.465 bits per heavy atom. The molecule has 3 atom stereocenters. The highest BCUT2D eigenvalue weighted by Gasteiger charge is 2.38. The van der Waals surface area contributed by atoms with E-state index in [1.807, 2.05) is 36.4 Å². The number of carbonyl (C=O) groups is 6. The number of benzene rings is 6. The number of thiazole rings is 3. The highest BCUT2D eigenvalue weighted by atomic mass is 35.5. The smallest absolute Gasteiger partial charge is 0.370 e. The van der Waals surface area contributed by atoms with Gasteiger partial charge in [-0.05, 0) is 123 Å². The van der Waals surface area contributed by atoms with E-state index in [4.69, 9.17) is 40.3 Å². The third-order valence-corrected chi connectivity index (χ3v) is 17.3. The van der Waals surface area contributed by atoms with Crippen molar-refractivity contribution in [2.24, 2.45) is 43.6 Å². The number of para-hydroxylation sites is 3. The Hall–Kier alpha value is -9.96. The van der Waals surface area contributed by atoms with Crippen molar-refractivity contribution in [2.75, 3.05) is 33.7 Å². The first-order valence-corrected chi connectivity index (χ1v) is 32.5. The first-order valence-electron chi connectivity index (χ1n) is 29.6. The van der Waals surface area contributed by atoms with Gasteiger partial charge in [-0.2, -0.15) is 39.5 Å². The summed E-state index contributed by atoms with van der Waals surface area (Å²) in [6.45, 7) is 1.20. The van der Waals surface area contributed by atoms with Crippen LogP contribution in [0.3, 0.4) is 0 Å². The SMILES string of the molecule is CN=C(N)NCCC[C@H](N)C(=O)c1nc2ccccc2s1.CN=C(N)NCCC[C@H](NC(=O)c1ccccc1C(F)(F)F)C(=O)c1nc2ccccc2s1.NC(N)=NCCC[C@H](NC(=O)c1ccccc1C(F)(F)F)C(=O)c1nc2ccccc2s1.O=C(Cl)c1ccccc1C(F)(F)F. The van der Waals surface area contributed by atoms with E-state index in [9.17, 15) is 68.3 Å². The van der Waals surface area contributed by atoms with E-state index < -0.39 is 98.7 Å². The maximum Gasteiger partial charge on any atom is 0.417 e. The summed E-state index contributed by atoms with van der Waals surface area (Å²) in [6.07, 6.45) is -11.6. The van der Waals surface area contributed by atoms with Crippen LogP contribution in [0.5, 0.6) is 0 Å². The Morgan fingerprint density at radius 2 is 0.788 bits per heavy atom. The van der Waals surface area contributed by atoms with Crippen LogP contribution in [0.2, 0.25) is 0 Å². The van der Waals surface area contributed by atoms with Gasteiger partial charge in [0.05, 0.1) is 76.6 Å². The molecule has 0 radical (unpaired) electrons. The highest BCUT2D eigenvalue weighted by Crippen LogP contribution is 2.35. The van der Waals surface area contributed by atoms with Crippen LogP contribution in [0, 0.1) is 0 Å². The molecule has 9 rings (SSSR count). The van der Waals surface area contributed by atoms with E-state index >= 15 is 0 Å². The van der Waals surface area contributed by atoms with E-state index in [0.717, 1.165) is 73.8 Å². The zero-order valence-electron chi connectivity index (χ0n) is 52.5. The number of guanidine groups is 3. The molecule has 0 aliphatic rings. The predicted octanol–water partition coefficient (Wildman–Crippen LogP) is 11.2. The lowest BCUT2D eigenvalue weighted by Gasteiger charge is -2.19. The molecule has 0 aliphatic carbocycles. The lowest BCUT2D eigenvalue weighted by molar-refractivity contribution is -0.138. The van der Waals surface area contributed by atoms with Gasteiger partial charge < -0.3 is 49.9 Å². The number of aromatic nitrogens is 3. The average molecular weight is 1450 g/mol. The van der Waals surface area contributed by atoms with Gasteiger partial charge in [-0.15, -0.1) is 34.0 Å². The molecular formula is C65H65ClF9N15O6S3. The van der Waals surface area contributed by atoms with Gasteiger partial charge in [0.15, 0.2) is 32.9 Å². The summed E-state index contributed by atoms with van der Waals surface area (Å²) in [5, 5.41) is 10.4. The van der Waals surface area contributed by atoms with Crippen LogP contribution < -0.4 is 49.9 Å². The standard InChI is InChI=1S/C22H22F3N5O2S.C21H20F3N5O2S.C14H19N5OS.C8H4ClF3O/c1-27-21(26)28-12-6-10-16(18(31)20-30-15-9-4-5-11-17(15)33-20)29-19(32)13-7-2-3-8-14(13)22(23,24)25;22-21(23,24)13-7-2-1-6-12(13)18(31)28-15(9-5-11-27-20(25)26)17(30)19-29-14-8-3-4-10-16(14)32-19;1-17-14(16)18-8-4-5-9(15)12(20)13-19-10-6-2-3-7-11(10)21-13;9-7(13)5-3-1-2-4-6(5)8(10,11)12/h2-5,7-9,11,16H,6,10,12H2,1H3,(H,29,32)(H3,26,27,28);1-4,6-8,10,15H,5,9,11H2,(H,28,31)(H4,25,26,27);2-3,6-7,9H,4-5,8,15H2,1H3,(H3,16,17,18);1-4H/t16-;15-;9-;/m000./s1. The number of ketones is 3. The summed E-state index contributed by atoms with van der Waals surface area (Å²) in [4.78, 5) is 99.0. The molecule has 6 aromatic carbocycles. The third-order valence-electron chi connectivity index (χ3n) is 13.9. The zero-order valence-corrected chi connectivity index (χ0v) is 55.7. The number of fused-ring (bicyclic) bond motifs is 3. The number of nitrogens with two attached hydrogens (primary N) is 5. The fourth-order valence-electron chi connectivity index (χ4n) is 9.01. The summed E-state index contributed by atoms with van der Waals surface area (Å²) in [6, 6.07) is 32.5. The van der Waals surface area contributed by atoms with E-state index in [1.54, 1.807) is 43.4 Å². The Bertz CT molecular complexity index is 4270. The number of nitrogens with zero attached hydrogens (tertiary/aromatic N) is 6. The summed E-state index contributed by atoms with van der Waals surface area (Å²) in [5.74, 6) is -2.56. The van der Waals surface area contributed by atoms with Crippen LogP contribution in [0.4, 0.5) is 39.5 Å². The average Bonchev–Trinajstić information content (AvgIpc) is 1.55. The van der Waals surface area contributed by atoms with Gasteiger partial charge in [-0.3, -0.25) is 43.7 Å². The van der Waals surface area contributed by atoms with Crippen LogP contribution in [-0.2, 0) is 18.5 Å². The molecule has 0 spiro atoms. The topological polar surface area (TPSA) is 356 Å². The van der Waals surface area contributed by atoms with Crippen LogP contribution in [-0.4, -0.2) is 119 Å². The minimum atomic E-state index is -4.71. The molecule has 0 saturated carbocycles. The number of hydrogen-bond acceptors (Lipinski definition) is 16. The molecule has 34 heteroatoms. The summed E-state index contributed by atoms with van der Waals surface area (Å²) >= 11 is 8.68. The summed E-state index contributed by atoms with van der Waals surface area (Å²) < 4.78 is 119. The predicted molar refractivity (Wildman–Crippen MR) is 366 cm³/mol. The molecule has 2 amide bonds. The Morgan fingerprint density at radius 3 is 1.13 bits per heavy atom. The summed E-state index contributed by atoms with van der Waals surface area (Å²) in [7, 11) is 3.13. The first kappa shape index (κ1) is 78.0. The molecule has 99 heavy (non-hydrogen) atoms. The highest BCUT2D eigenvalue weighted by molar-refractivity contribution is 7.21. The molecule has 0 fully saturated rings. The van der Waals surface area contributed by atoms with Gasteiger partial charge in [0, 0.05) is 39.3 Å². The zero-order chi connectivity index (χ0) is 72.6. The minimum Gasteiger partial charge on any atom is -0.370 e. The molecule has 9 aromatic rings. The lowest BCUT2D eigenvalue weighted by Crippen LogP contribution is -2.42. The van der Waals surface area contributed by atoms with Crippen molar-refractivity contribution in [2.45, 2.75) is 75.2 Å². The van der Waals surface area contributed by atoms with Crippen molar-refractivity contribution in [3.05, 3.63) is 194 Å². The second kappa shape index (κ2) is 36.6. The molecule has 3 aromatic heterocycles. The summed E-state index contributed by atoms with van der Waals surface area (Å²) in [5.41, 5.74) is 24.9. The number of halogens is 10. The minimum absolute atomic E-state index is 0.103. The number of nitrogens with one attached hydrogen (secondary N) is 4. The van der Waals surface area contributed by atoms with Crippen LogP contribution in [0.15, 0.2) is 161 Å². The second-order valence-corrected chi connectivity index (χ2v) is 24.4. The Kier molecular flexibility index (Phi) is 28.8. The van der Waals surface area contributed by atoms with Crippen LogP contribution in [0.1, 0.15) is 116 Å². The van der Waals surface area contributed by atoms with Crippen LogP contribution in [0.25, 0.3) is 30.6 Å². The van der Waals surface area contributed by atoms with Crippen molar-refractivity contribution in [1.29, 1.82) is 0 Å². The molecule has 21 nitrogen and oxygen atoms in total. The van der Waals surface area contributed by atoms with Crippen molar-refractivity contribution in [1.82, 2.24) is 36.2 Å². The fraction of sp³-hybridized carbons (Fsp3) is 0.262. The van der Waals surface area contributed by atoms with Crippen molar-refractivity contribution in [3.63, 3.8) is 0 Å². The number of alkyl halides is 9. The maximum atomic E-state index is 13.4. The van der Waals surface area contributed by atoms with Gasteiger partial charge >= 0.3 is 18.5 Å². The molecule has 0 saturated heterocycles. The van der Waals surface area contributed by atoms with E-state index in [2.05, 4.69) is 51.2 Å². The largest absolute Gasteiger partial charge is 0.417 e. The molecular weight excluding hydrogens is 1390 g/mol. The Labute approximate surface area is 576 Å². The monoisotopic (exact) mass is 1450 g/mol. The number of rotatable bonds is 23. The van der Waals surface area contributed by atoms with Crippen molar-refractivity contribution < 1.29 is 68.3 Å². The normalized spacial score (nSPS) is 12.7. The molecule has 0 unspecified atom stereocenters. The van der Waals surface area contributed by atoms with Crippen molar-refractivity contribution in [3.8, 4) is 0 Å². The molecule has 524 valence electrons. The molecule has 3 heterocycles. The van der Waals surface area contributed by atoms with E-state index in [-0.39, 0.29) is 47.1 Å². The second-order valence-electron chi connectivity index (χ2n) is 20.9. The van der Waals surface area contributed by atoms with Crippen LogP contribution >= 0.6 is 45.6 Å². The maximum absolute atomic E-state index is 13.4. The number of amides is 2. The molecule has 0 bridgehead atoms. The van der Waals surface area contributed by atoms with E-state index in [0.29, 0.717) is 54.4 Å². The fourth-order valence-corrected chi connectivity index (χ4v) is 12.1. The number of aliphatic imine (C=N–C) groups is 3. The lowest BCUT2D eigenvalue weighted by atomic mass is 10.0. The number of Topliss-reactive ketones (excluding diaryl/α,β-unsaturated/α-hetero) is 3. The van der Waals surface area contributed by atoms with E-state index in [1.165, 1.54) is 66.1 Å².